The number of allylic oxidation sites excluding steroid dienone is 1. The Morgan fingerprint density at radius 1 is 1.00 bits per heavy atom. The Hall–Kier alpha value is -4.06. The van der Waals surface area contributed by atoms with Crippen LogP contribution in [0.15, 0.2) is 72.8 Å². The predicted octanol–water partition coefficient (Wildman–Crippen LogP) is 4.62. The summed E-state index contributed by atoms with van der Waals surface area (Å²) < 4.78 is 11.0. The highest BCUT2D eigenvalue weighted by atomic mass is 16.5. The van der Waals surface area contributed by atoms with Crippen LogP contribution in [0.3, 0.4) is 0 Å². The molecule has 0 fully saturated rings. The monoisotopic (exact) mass is 417 g/mol. The number of phenols is 1. The Kier molecular flexibility index (Phi) is 7.06. The Bertz CT molecular complexity index is 1100. The molecule has 2 N–H and O–H groups in total. The van der Waals surface area contributed by atoms with Crippen molar-refractivity contribution in [2.24, 2.45) is 0 Å². The molecule has 0 radical (unpaired) electrons. The second-order valence-electron chi connectivity index (χ2n) is 6.81. The molecule has 0 spiro atoms. The first-order valence-electron chi connectivity index (χ1n) is 9.64. The lowest BCUT2D eigenvalue weighted by molar-refractivity contribution is -0.118. The zero-order chi connectivity index (χ0) is 22.2. The number of rotatable bonds is 8. The van der Waals surface area contributed by atoms with Crippen molar-refractivity contribution in [1.29, 1.82) is 0 Å². The minimum Gasteiger partial charge on any atom is -0.508 e. The van der Waals surface area contributed by atoms with Gasteiger partial charge in [0.1, 0.15) is 5.75 Å². The number of nitrogens with one attached hydrogen (secondary N) is 1. The quantitative estimate of drug-likeness (QED) is 0.413. The van der Waals surface area contributed by atoms with Crippen LogP contribution in [-0.2, 0) is 4.79 Å². The summed E-state index contributed by atoms with van der Waals surface area (Å²) in [7, 11) is 1.50. The van der Waals surface area contributed by atoms with Crippen LogP contribution in [0, 0.1) is 6.92 Å². The van der Waals surface area contributed by atoms with E-state index in [1.807, 2.05) is 31.2 Å². The predicted molar refractivity (Wildman–Crippen MR) is 120 cm³/mol. The van der Waals surface area contributed by atoms with E-state index in [1.165, 1.54) is 25.3 Å². The summed E-state index contributed by atoms with van der Waals surface area (Å²) >= 11 is 0. The molecule has 31 heavy (non-hydrogen) atoms. The number of methoxy groups -OCH3 is 1. The molecular formula is C25H23NO5. The molecule has 0 unspecified atom stereocenters. The first-order valence-corrected chi connectivity index (χ1v) is 9.64. The van der Waals surface area contributed by atoms with Crippen molar-refractivity contribution in [2.75, 3.05) is 19.0 Å². The van der Waals surface area contributed by atoms with Crippen molar-refractivity contribution in [3.8, 4) is 17.2 Å². The summed E-state index contributed by atoms with van der Waals surface area (Å²) in [6.07, 6.45) is 3.10. The summed E-state index contributed by atoms with van der Waals surface area (Å²) in [6, 6.07) is 18.7. The molecule has 0 bridgehead atoms. The number of hydrogen-bond donors (Lipinski definition) is 2. The summed E-state index contributed by atoms with van der Waals surface area (Å²) in [5, 5.41) is 12.1. The minimum atomic E-state index is -0.278. The van der Waals surface area contributed by atoms with E-state index in [-0.39, 0.29) is 24.0 Å². The van der Waals surface area contributed by atoms with Gasteiger partial charge in [0.05, 0.1) is 7.11 Å². The average molecular weight is 417 g/mol. The molecule has 3 aromatic rings. The summed E-state index contributed by atoms with van der Waals surface area (Å²) in [5.74, 6) is 0.507. The van der Waals surface area contributed by atoms with Crippen molar-refractivity contribution in [3.05, 3.63) is 89.5 Å². The smallest absolute Gasteiger partial charge is 0.262 e. The third-order valence-corrected chi connectivity index (χ3v) is 4.54. The van der Waals surface area contributed by atoms with Crippen molar-refractivity contribution in [2.45, 2.75) is 6.92 Å². The van der Waals surface area contributed by atoms with E-state index in [1.54, 1.807) is 36.4 Å². The van der Waals surface area contributed by atoms with E-state index in [9.17, 15) is 14.7 Å². The van der Waals surface area contributed by atoms with Gasteiger partial charge in [0.2, 0.25) is 0 Å². The normalized spacial score (nSPS) is 10.6. The summed E-state index contributed by atoms with van der Waals surface area (Å²) in [6.45, 7) is 1.75. The maximum absolute atomic E-state index is 12.2. The Morgan fingerprint density at radius 2 is 1.74 bits per heavy atom. The van der Waals surface area contributed by atoms with Crippen molar-refractivity contribution in [1.82, 2.24) is 0 Å². The van der Waals surface area contributed by atoms with Gasteiger partial charge in [-0.15, -0.1) is 0 Å². The molecule has 0 aliphatic carbocycles. The number of anilines is 1. The van der Waals surface area contributed by atoms with Crippen molar-refractivity contribution < 1.29 is 24.2 Å². The lowest BCUT2D eigenvalue weighted by atomic mass is 10.1. The molecule has 0 aliphatic rings. The topological polar surface area (TPSA) is 84.9 Å². The van der Waals surface area contributed by atoms with Gasteiger partial charge in [0.15, 0.2) is 23.9 Å². The van der Waals surface area contributed by atoms with Gasteiger partial charge in [-0.2, -0.15) is 0 Å². The van der Waals surface area contributed by atoms with E-state index >= 15 is 0 Å². The first kappa shape index (κ1) is 21.6. The molecule has 158 valence electrons. The van der Waals surface area contributed by atoms with Gasteiger partial charge in [-0.1, -0.05) is 30.3 Å². The molecule has 1 amide bonds. The minimum absolute atomic E-state index is 0.105. The first-order chi connectivity index (χ1) is 15.0. The summed E-state index contributed by atoms with van der Waals surface area (Å²) in [4.78, 5) is 24.4. The van der Waals surface area contributed by atoms with Crippen molar-refractivity contribution >= 4 is 23.5 Å². The number of hydrogen-bond acceptors (Lipinski definition) is 5. The third kappa shape index (κ3) is 5.96. The SMILES string of the molecule is COc1cc(/C=C/C(=O)c2ccc(O)cc2)ccc1OCC(=O)Nc1ccccc1C. The van der Waals surface area contributed by atoms with Crippen LogP contribution in [0.4, 0.5) is 5.69 Å². The van der Waals surface area contributed by atoms with E-state index in [4.69, 9.17) is 9.47 Å². The molecule has 6 heteroatoms. The van der Waals surface area contributed by atoms with Crippen LogP contribution in [0.5, 0.6) is 17.2 Å². The van der Waals surface area contributed by atoms with Crippen LogP contribution >= 0.6 is 0 Å². The molecule has 0 aliphatic heterocycles. The molecule has 0 atom stereocenters. The molecule has 3 rings (SSSR count). The number of ketones is 1. The highest BCUT2D eigenvalue weighted by Crippen LogP contribution is 2.28. The fraction of sp³-hybridized carbons (Fsp3) is 0.120. The maximum atomic E-state index is 12.2. The number of carbonyl (C=O) groups is 2. The van der Waals surface area contributed by atoms with Crippen LogP contribution in [0.1, 0.15) is 21.5 Å². The van der Waals surface area contributed by atoms with Crippen LogP contribution in [0.2, 0.25) is 0 Å². The van der Waals surface area contributed by atoms with Gasteiger partial charge in [-0.25, -0.2) is 0 Å². The van der Waals surface area contributed by atoms with Crippen LogP contribution in [-0.4, -0.2) is 30.5 Å². The molecule has 0 aromatic heterocycles. The Labute approximate surface area is 180 Å². The number of para-hydroxylation sites is 1. The van der Waals surface area contributed by atoms with Gasteiger partial charge in [-0.3, -0.25) is 9.59 Å². The summed E-state index contributed by atoms with van der Waals surface area (Å²) in [5.41, 5.74) is 2.91. The Morgan fingerprint density at radius 3 is 2.45 bits per heavy atom. The fourth-order valence-electron chi connectivity index (χ4n) is 2.84. The largest absolute Gasteiger partial charge is 0.508 e. The number of carbonyl (C=O) groups excluding carboxylic acids is 2. The number of benzene rings is 3. The molecule has 3 aromatic carbocycles. The lowest BCUT2D eigenvalue weighted by Gasteiger charge is -2.12. The van der Waals surface area contributed by atoms with Gasteiger partial charge in [-0.05, 0) is 66.6 Å². The maximum Gasteiger partial charge on any atom is 0.262 e. The van der Waals surface area contributed by atoms with E-state index in [2.05, 4.69) is 5.32 Å². The lowest BCUT2D eigenvalue weighted by Crippen LogP contribution is -2.20. The van der Waals surface area contributed by atoms with E-state index < -0.39 is 0 Å². The van der Waals surface area contributed by atoms with Crippen LogP contribution in [0.25, 0.3) is 6.08 Å². The highest BCUT2D eigenvalue weighted by Gasteiger charge is 2.10. The Balaban J connectivity index is 1.62. The van der Waals surface area contributed by atoms with Gasteiger partial charge < -0.3 is 19.9 Å². The van der Waals surface area contributed by atoms with Gasteiger partial charge in [0.25, 0.3) is 5.91 Å². The molecule has 0 heterocycles. The van der Waals surface area contributed by atoms with E-state index in [0.29, 0.717) is 17.1 Å². The number of phenolic OH excluding ortho intramolecular Hbond substituents is 1. The second-order valence-corrected chi connectivity index (χ2v) is 6.81. The molecular weight excluding hydrogens is 394 g/mol. The molecule has 0 saturated heterocycles. The standard InChI is InChI=1S/C25H23NO5/c1-17-5-3-4-6-21(17)26-25(29)16-31-23-14-8-18(15-24(23)30-2)7-13-22(28)19-9-11-20(27)12-10-19/h3-15,27H,16H2,1-2H3,(H,26,29)/b13-7+. The second kappa shape index (κ2) is 10.1. The zero-order valence-corrected chi connectivity index (χ0v) is 17.3. The van der Waals surface area contributed by atoms with Gasteiger partial charge in [0, 0.05) is 11.3 Å². The third-order valence-electron chi connectivity index (χ3n) is 4.54. The zero-order valence-electron chi connectivity index (χ0n) is 17.3. The number of aromatic hydroxyl groups is 1. The number of amides is 1. The fourth-order valence-corrected chi connectivity index (χ4v) is 2.84. The highest BCUT2D eigenvalue weighted by molar-refractivity contribution is 6.06. The average Bonchev–Trinajstić information content (AvgIpc) is 2.78. The van der Waals surface area contributed by atoms with Crippen LogP contribution < -0.4 is 14.8 Å². The molecule has 6 nitrogen and oxygen atoms in total. The number of ether oxygens (including phenoxy) is 2. The van der Waals surface area contributed by atoms with E-state index in [0.717, 1.165) is 16.8 Å². The van der Waals surface area contributed by atoms with Crippen molar-refractivity contribution in [3.63, 3.8) is 0 Å². The van der Waals surface area contributed by atoms with Gasteiger partial charge >= 0.3 is 0 Å². The molecule has 0 saturated carbocycles. The number of aryl methyl sites for hydroxylation is 1.